The Morgan fingerprint density at radius 1 is 1.05 bits per heavy atom. The molecule has 0 saturated heterocycles. The van der Waals surface area contributed by atoms with Crippen LogP contribution in [-0.2, 0) is 6.54 Å². The smallest absolute Gasteiger partial charge is 0.276 e. The van der Waals surface area contributed by atoms with E-state index in [9.17, 15) is 9.90 Å². The molecular formula is C31H30N10O3. The monoisotopic (exact) mass is 590 g/mol. The number of pyridine rings is 2. The zero-order valence-electron chi connectivity index (χ0n) is 24.1. The van der Waals surface area contributed by atoms with Crippen LogP contribution in [-0.4, -0.2) is 51.2 Å². The molecule has 0 aliphatic rings. The summed E-state index contributed by atoms with van der Waals surface area (Å²) in [5.74, 6) is 1.60. The van der Waals surface area contributed by atoms with Crippen molar-refractivity contribution in [2.24, 2.45) is 0 Å². The molecule has 0 spiro atoms. The molecule has 0 saturated carbocycles. The number of aromatic nitrogens is 8. The van der Waals surface area contributed by atoms with Crippen molar-refractivity contribution in [3.05, 3.63) is 102 Å². The van der Waals surface area contributed by atoms with Crippen LogP contribution in [0.15, 0.2) is 95.2 Å². The number of allylic oxidation sites excluding steroid dienone is 1. The first-order valence-corrected chi connectivity index (χ1v) is 14.0. The van der Waals surface area contributed by atoms with Crippen LogP contribution in [0.3, 0.4) is 0 Å². The highest BCUT2D eigenvalue weighted by atomic mass is 16.5. The van der Waals surface area contributed by atoms with Gasteiger partial charge in [0.2, 0.25) is 11.8 Å². The van der Waals surface area contributed by atoms with Crippen LogP contribution in [0.5, 0.6) is 0 Å². The largest absolute Gasteiger partial charge is 0.394 e. The van der Waals surface area contributed by atoms with Crippen molar-refractivity contribution >= 4 is 28.6 Å². The van der Waals surface area contributed by atoms with E-state index in [1.807, 2.05) is 48.9 Å². The highest BCUT2D eigenvalue weighted by Gasteiger charge is 2.21. The molecule has 5 heterocycles. The normalized spacial score (nSPS) is 12.0. The van der Waals surface area contributed by atoms with E-state index in [4.69, 9.17) is 14.5 Å². The summed E-state index contributed by atoms with van der Waals surface area (Å²) in [6, 6.07) is 16.0. The Kier molecular flexibility index (Phi) is 7.93. The average Bonchev–Trinajstić information content (AvgIpc) is 3.64. The van der Waals surface area contributed by atoms with E-state index < -0.39 is 6.04 Å². The van der Waals surface area contributed by atoms with Crippen molar-refractivity contribution < 1.29 is 9.63 Å². The molecule has 3 N–H and O–H groups in total. The first-order valence-electron chi connectivity index (χ1n) is 14.0. The third-order valence-corrected chi connectivity index (χ3v) is 6.93. The van der Waals surface area contributed by atoms with Crippen molar-refractivity contribution in [2.75, 3.05) is 17.2 Å². The molecule has 0 aliphatic heterocycles. The van der Waals surface area contributed by atoms with Crippen LogP contribution < -0.4 is 16.2 Å². The quantitative estimate of drug-likeness (QED) is 0.178. The van der Waals surface area contributed by atoms with Gasteiger partial charge in [-0.05, 0) is 43.7 Å². The predicted molar refractivity (Wildman–Crippen MR) is 166 cm³/mol. The lowest BCUT2D eigenvalue weighted by Gasteiger charge is -2.19. The lowest BCUT2D eigenvalue weighted by atomic mass is 10.1. The number of fused-ring (bicyclic) bond motifs is 1. The Morgan fingerprint density at radius 2 is 1.84 bits per heavy atom. The summed E-state index contributed by atoms with van der Waals surface area (Å²) >= 11 is 0. The van der Waals surface area contributed by atoms with Crippen LogP contribution in [0, 0.1) is 0 Å². The fraction of sp³-hybridized carbons (Fsp3) is 0.194. The molecule has 0 fully saturated rings. The minimum Gasteiger partial charge on any atom is -0.394 e. The lowest BCUT2D eigenvalue weighted by Crippen LogP contribution is -2.23. The number of benzene rings is 1. The van der Waals surface area contributed by atoms with E-state index in [1.165, 1.54) is 0 Å². The zero-order chi connectivity index (χ0) is 30.6. The van der Waals surface area contributed by atoms with Gasteiger partial charge in [0, 0.05) is 30.2 Å². The summed E-state index contributed by atoms with van der Waals surface area (Å²) in [4.78, 5) is 35.6. The standard InChI is InChI=1S/C31H30N10O3/c1-4-16-40-30(43)22-10-11-25(35-28(22)41(40)19(2)3)36-31-33-17-23(29-37-26(39-44-29)21-12-14-32-15-13-21)27(38-31)34-24(18-42)20-8-6-5-7-9-20/h4-15,17,19,24,42H,1,16,18H2,2-3H3,(H2,33,34,35,36,38)/t24-/m1/s1. The fourth-order valence-electron chi connectivity index (χ4n) is 4.89. The maximum atomic E-state index is 13.0. The Morgan fingerprint density at radius 3 is 2.57 bits per heavy atom. The lowest BCUT2D eigenvalue weighted by molar-refractivity contribution is 0.276. The van der Waals surface area contributed by atoms with Crippen LogP contribution in [0.4, 0.5) is 17.6 Å². The van der Waals surface area contributed by atoms with Gasteiger partial charge in [-0.2, -0.15) is 9.97 Å². The molecule has 13 nitrogen and oxygen atoms in total. The van der Waals surface area contributed by atoms with Gasteiger partial charge in [-0.3, -0.25) is 14.5 Å². The molecule has 6 aromatic rings. The molecule has 0 radical (unpaired) electrons. The van der Waals surface area contributed by atoms with Crippen molar-refractivity contribution in [3.63, 3.8) is 0 Å². The molecule has 1 atom stereocenters. The van der Waals surface area contributed by atoms with E-state index in [2.05, 4.69) is 37.3 Å². The van der Waals surface area contributed by atoms with Gasteiger partial charge < -0.3 is 20.3 Å². The number of hydrogen-bond donors (Lipinski definition) is 3. The highest BCUT2D eigenvalue weighted by molar-refractivity contribution is 5.78. The van der Waals surface area contributed by atoms with Crippen LogP contribution in [0.2, 0.25) is 0 Å². The minimum absolute atomic E-state index is 0.0194. The zero-order valence-corrected chi connectivity index (χ0v) is 24.1. The molecule has 0 unspecified atom stereocenters. The molecule has 44 heavy (non-hydrogen) atoms. The number of aliphatic hydroxyl groups excluding tert-OH is 1. The molecule has 222 valence electrons. The molecule has 13 heteroatoms. The van der Waals surface area contributed by atoms with E-state index in [-0.39, 0.29) is 30.0 Å². The fourth-order valence-corrected chi connectivity index (χ4v) is 4.89. The molecule has 0 aliphatic carbocycles. The maximum absolute atomic E-state index is 13.0. The SMILES string of the molecule is C=CCn1c(=O)c2ccc(Nc3ncc(-c4nc(-c5ccncc5)no4)c(N[C@H](CO)c4ccccc4)n3)nc2n1C(C)C. The molecule has 1 aromatic carbocycles. The summed E-state index contributed by atoms with van der Waals surface area (Å²) in [5.41, 5.74) is 2.44. The third-order valence-electron chi connectivity index (χ3n) is 6.93. The van der Waals surface area contributed by atoms with E-state index >= 15 is 0 Å². The van der Waals surface area contributed by atoms with Crippen molar-refractivity contribution in [1.29, 1.82) is 0 Å². The maximum Gasteiger partial charge on any atom is 0.276 e. The summed E-state index contributed by atoms with van der Waals surface area (Å²) in [6.45, 7) is 7.92. The number of nitrogens with one attached hydrogen (secondary N) is 2. The van der Waals surface area contributed by atoms with Gasteiger partial charge in [-0.1, -0.05) is 41.6 Å². The van der Waals surface area contributed by atoms with Gasteiger partial charge in [0.25, 0.3) is 11.4 Å². The molecular weight excluding hydrogens is 560 g/mol. The van der Waals surface area contributed by atoms with Crippen LogP contribution in [0.25, 0.3) is 33.9 Å². The van der Waals surface area contributed by atoms with Crippen LogP contribution in [0.1, 0.15) is 31.5 Å². The number of rotatable bonds is 11. The molecule has 0 amide bonds. The van der Waals surface area contributed by atoms with E-state index in [0.717, 1.165) is 11.1 Å². The second kappa shape index (κ2) is 12.3. The molecule has 0 bridgehead atoms. The second-order valence-corrected chi connectivity index (χ2v) is 10.2. The topological polar surface area (TPSA) is 162 Å². The van der Waals surface area contributed by atoms with Crippen molar-refractivity contribution in [1.82, 2.24) is 39.4 Å². The van der Waals surface area contributed by atoms with Gasteiger partial charge in [-0.25, -0.2) is 14.6 Å². The first kappa shape index (κ1) is 28.4. The molecule has 6 rings (SSSR count). The Labute approximate surface area is 252 Å². The third kappa shape index (κ3) is 5.55. The van der Waals surface area contributed by atoms with Gasteiger partial charge in [0.05, 0.1) is 24.6 Å². The van der Waals surface area contributed by atoms with E-state index in [0.29, 0.717) is 40.6 Å². The van der Waals surface area contributed by atoms with Gasteiger partial charge in [-0.15, -0.1) is 6.58 Å². The summed E-state index contributed by atoms with van der Waals surface area (Å²) in [6.07, 6.45) is 6.53. The van der Waals surface area contributed by atoms with Gasteiger partial charge in [0.1, 0.15) is 17.2 Å². The number of anilines is 3. The van der Waals surface area contributed by atoms with Crippen molar-refractivity contribution in [2.45, 2.75) is 32.5 Å². The minimum atomic E-state index is -0.486. The Hall–Kier alpha value is -5.69. The van der Waals surface area contributed by atoms with Gasteiger partial charge in [0.15, 0.2) is 5.65 Å². The number of aliphatic hydroxyl groups is 1. The van der Waals surface area contributed by atoms with Crippen LogP contribution >= 0.6 is 0 Å². The van der Waals surface area contributed by atoms with Gasteiger partial charge >= 0.3 is 0 Å². The Balaban J connectivity index is 1.39. The highest BCUT2D eigenvalue weighted by Crippen LogP contribution is 2.31. The van der Waals surface area contributed by atoms with E-state index in [1.54, 1.807) is 53.6 Å². The van der Waals surface area contributed by atoms with Crippen molar-refractivity contribution in [3.8, 4) is 22.8 Å². The molecule has 5 aromatic heterocycles. The first-order chi connectivity index (χ1) is 21.5. The predicted octanol–water partition coefficient (Wildman–Crippen LogP) is 4.76. The average molecular weight is 591 g/mol. The summed E-state index contributed by atoms with van der Waals surface area (Å²) < 4.78 is 9.07. The Bertz CT molecular complexity index is 1970. The second-order valence-electron chi connectivity index (χ2n) is 10.2. The number of hydrogen-bond acceptors (Lipinski definition) is 11. The summed E-state index contributed by atoms with van der Waals surface area (Å²) in [5, 5.41) is 21.3. The summed E-state index contributed by atoms with van der Waals surface area (Å²) in [7, 11) is 0. The number of nitrogens with zero attached hydrogens (tertiary/aromatic N) is 8.